The monoisotopic (exact) mass is 300 g/mol. The molecule has 2 heterocycles. The molecule has 1 unspecified atom stereocenters. The molecule has 2 aromatic rings. The van der Waals surface area contributed by atoms with Crippen LogP contribution < -0.4 is 5.32 Å². The third-order valence-electron chi connectivity index (χ3n) is 4.71. The summed E-state index contributed by atoms with van der Waals surface area (Å²) >= 11 is 0. The van der Waals surface area contributed by atoms with Gasteiger partial charge in [0.05, 0.1) is 17.6 Å². The minimum Gasteiger partial charge on any atom is -0.327 e. The molecule has 1 aromatic carbocycles. The maximum Gasteiger partial charge on any atom is 0.123 e. The number of rotatable bonds is 7. The van der Waals surface area contributed by atoms with Crippen molar-refractivity contribution in [2.75, 3.05) is 26.2 Å². The first-order valence-corrected chi connectivity index (χ1v) is 8.69. The molecule has 4 nitrogen and oxygen atoms in total. The molecule has 0 aliphatic carbocycles. The number of hydrogen-bond donors (Lipinski definition) is 1. The van der Waals surface area contributed by atoms with Crippen LogP contribution in [-0.2, 0) is 13.1 Å². The van der Waals surface area contributed by atoms with Crippen molar-refractivity contribution in [2.24, 2.45) is 5.92 Å². The zero-order valence-electron chi connectivity index (χ0n) is 13.9. The second-order valence-corrected chi connectivity index (χ2v) is 6.35. The Morgan fingerprint density at radius 1 is 1.27 bits per heavy atom. The van der Waals surface area contributed by atoms with Crippen LogP contribution in [0.5, 0.6) is 0 Å². The summed E-state index contributed by atoms with van der Waals surface area (Å²) in [6.07, 6.45) is 2.47. The van der Waals surface area contributed by atoms with Crippen LogP contribution >= 0.6 is 0 Å². The van der Waals surface area contributed by atoms with Crippen molar-refractivity contribution in [3.05, 3.63) is 30.1 Å². The highest BCUT2D eigenvalue weighted by Crippen LogP contribution is 2.17. The molecular weight excluding hydrogens is 272 g/mol. The average Bonchev–Trinajstić information content (AvgIpc) is 3.13. The Morgan fingerprint density at radius 3 is 2.91 bits per heavy atom. The molecule has 1 fully saturated rings. The standard InChI is InChI=1S/C18H28N4/c1-3-10-22-17-8-6-5-7-16(17)20-18(22)13-19-12-15-9-11-21(4-2)14-15/h5-8,15,19H,3-4,9-14H2,1-2H3. The molecule has 1 saturated heterocycles. The predicted molar refractivity (Wildman–Crippen MR) is 92.0 cm³/mol. The lowest BCUT2D eigenvalue weighted by atomic mass is 10.1. The van der Waals surface area contributed by atoms with Crippen LogP contribution in [0.15, 0.2) is 24.3 Å². The molecule has 4 heteroatoms. The van der Waals surface area contributed by atoms with Gasteiger partial charge in [0, 0.05) is 13.1 Å². The van der Waals surface area contributed by atoms with Crippen molar-refractivity contribution in [1.82, 2.24) is 19.8 Å². The summed E-state index contributed by atoms with van der Waals surface area (Å²) < 4.78 is 2.37. The van der Waals surface area contributed by atoms with Crippen LogP contribution in [0.1, 0.15) is 32.5 Å². The van der Waals surface area contributed by atoms with E-state index < -0.39 is 0 Å². The quantitative estimate of drug-likeness (QED) is 0.853. The van der Waals surface area contributed by atoms with E-state index in [-0.39, 0.29) is 0 Å². The van der Waals surface area contributed by atoms with E-state index in [0.29, 0.717) is 0 Å². The van der Waals surface area contributed by atoms with E-state index in [1.54, 1.807) is 0 Å². The number of aryl methyl sites for hydroxylation is 1. The molecule has 22 heavy (non-hydrogen) atoms. The lowest BCUT2D eigenvalue weighted by Crippen LogP contribution is -2.27. The second-order valence-electron chi connectivity index (χ2n) is 6.35. The second kappa shape index (κ2) is 7.25. The van der Waals surface area contributed by atoms with Gasteiger partial charge >= 0.3 is 0 Å². The summed E-state index contributed by atoms with van der Waals surface area (Å²) in [7, 11) is 0. The fourth-order valence-electron chi connectivity index (χ4n) is 3.49. The largest absolute Gasteiger partial charge is 0.327 e. The summed E-state index contributed by atoms with van der Waals surface area (Å²) in [5, 5.41) is 3.64. The summed E-state index contributed by atoms with van der Waals surface area (Å²) in [6.45, 7) is 11.2. The summed E-state index contributed by atoms with van der Waals surface area (Å²) in [5.41, 5.74) is 2.38. The van der Waals surface area contributed by atoms with Crippen LogP contribution in [0.4, 0.5) is 0 Å². The van der Waals surface area contributed by atoms with Crippen molar-refractivity contribution in [3.8, 4) is 0 Å². The number of para-hydroxylation sites is 2. The normalized spacial score (nSPS) is 19.3. The van der Waals surface area contributed by atoms with Crippen LogP contribution in [0.2, 0.25) is 0 Å². The van der Waals surface area contributed by atoms with E-state index in [9.17, 15) is 0 Å². The molecule has 0 spiro atoms. The first-order valence-electron chi connectivity index (χ1n) is 8.69. The lowest BCUT2D eigenvalue weighted by molar-refractivity contribution is 0.338. The van der Waals surface area contributed by atoms with Crippen LogP contribution in [0, 0.1) is 5.92 Å². The van der Waals surface area contributed by atoms with Gasteiger partial charge in [0.1, 0.15) is 5.82 Å². The Hall–Kier alpha value is -1.39. The smallest absolute Gasteiger partial charge is 0.123 e. The van der Waals surface area contributed by atoms with E-state index in [4.69, 9.17) is 4.98 Å². The SMILES string of the molecule is CCCn1c(CNCC2CCN(CC)C2)nc2ccccc21. The number of nitrogens with one attached hydrogen (secondary N) is 1. The Balaban J connectivity index is 1.62. The zero-order valence-corrected chi connectivity index (χ0v) is 13.9. The van der Waals surface area contributed by atoms with Crippen LogP contribution in [0.25, 0.3) is 11.0 Å². The van der Waals surface area contributed by atoms with Crippen molar-refractivity contribution in [1.29, 1.82) is 0 Å². The summed E-state index contributed by atoms with van der Waals surface area (Å²) in [5.74, 6) is 1.97. The molecule has 0 bridgehead atoms. The average molecular weight is 300 g/mol. The molecular formula is C18H28N4. The van der Waals surface area contributed by atoms with E-state index in [2.05, 4.69) is 52.9 Å². The highest BCUT2D eigenvalue weighted by Gasteiger charge is 2.20. The molecule has 1 aromatic heterocycles. The van der Waals surface area contributed by atoms with E-state index in [1.165, 1.54) is 37.4 Å². The third-order valence-corrected chi connectivity index (χ3v) is 4.71. The predicted octanol–water partition coefficient (Wildman–Crippen LogP) is 2.88. The van der Waals surface area contributed by atoms with Gasteiger partial charge < -0.3 is 14.8 Å². The van der Waals surface area contributed by atoms with Crippen molar-refractivity contribution in [3.63, 3.8) is 0 Å². The van der Waals surface area contributed by atoms with Gasteiger partial charge in [-0.2, -0.15) is 0 Å². The molecule has 0 radical (unpaired) electrons. The van der Waals surface area contributed by atoms with E-state index >= 15 is 0 Å². The molecule has 0 saturated carbocycles. The number of aromatic nitrogens is 2. The number of likely N-dealkylation sites (tertiary alicyclic amines) is 1. The van der Waals surface area contributed by atoms with Crippen molar-refractivity contribution in [2.45, 2.75) is 39.8 Å². The maximum absolute atomic E-state index is 4.82. The van der Waals surface area contributed by atoms with Gasteiger partial charge in [0.2, 0.25) is 0 Å². The molecule has 3 rings (SSSR count). The van der Waals surface area contributed by atoms with Gasteiger partial charge in [-0.05, 0) is 50.5 Å². The Morgan fingerprint density at radius 2 is 2.14 bits per heavy atom. The number of nitrogens with zero attached hydrogens (tertiary/aromatic N) is 3. The number of imidazole rings is 1. The maximum atomic E-state index is 4.82. The van der Waals surface area contributed by atoms with Gasteiger partial charge in [-0.15, -0.1) is 0 Å². The fourth-order valence-corrected chi connectivity index (χ4v) is 3.49. The topological polar surface area (TPSA) is 33.1 Å². The molecule has 1 atom stereocenters. The molecule has 1 aliphatic rings. The molecule has 0 amide bonds. The summed E-state index contributed by atoms with van der Waals surface area (Å²) in [4.78, 5) is 7.36. The number of benzene rings is 1. The van der Waals surface area contributed by atoms with Crippen molar-refractivity contribution >= 4 is 11.0 Å². The van der Waals surface area contributed by atoms with Crippen LogP contribution in [-0.4, -0.2) is 40.6 Å². The first-order chi connectivity index (χ1) is 10.8. The minimum atomic E-state index is 0.795. The van der Waals surface area contributed by atoms with E-state index in [0.717, 1.165) is 37.5 Å². The lowest BCUT2D eigenvalue weighted by Gasteiger charge is -2.14. The third kappa shape index (κ3) is 3.33. The number of fused-ring (bicyclic) bond motifs is 1. The Kier molecular flexibility index (Phi) is 5.11. The minimum absolute atomic E-state index is 0.795. The summed E-state index contributed by atoms with van der Waals surface area (Å²) in [6, 6.07) is 8.46. The molecule has 1 aliphatic heterocycles. The molecule has 1 N–H and O–H groups in total. The zero-order chi connectivity index (χ0) is 15.4. The fraction of sp³-hybridized carbons (Fsp3) is 0.611. The highest BCUT2D eigenvalue weighted by molar-refractivity contribution is 5.75. The van der Waals surface area contributed by atoms with Gasteiger partial charge in [-0.25, -0.2) is 4.98 Å². The highest BCUT2D eigenvalue weighted by atomic mass is 15.1. The van der Waals surface area contributed by atoms with Crippen LogP contribution in [0.3, 0.4) is 0 Å². The van der Waals surface area contributed by atoms with Gasteiger partial charge in [0.15, 0.2) is 0 Å². The first kappa shape index (κ1) is 15.5. The molecule has 120 valence electrons. The van der Waals surface area contributed by atoms with Gasteiger partial charge in [0.25, 0.3) is 0 Å². The van der Waals surface area contributed by atoms with Gasteiger partial charge in [-0.3, -0.25) is 0 Å². The van der Waals surface area contributed by atoms with E-state index in [1.807, 2.05) is 0 Å². The van der Waals surface area contributed by atoms with Crippen molar-refractivity contribution < 1.29 is 0 Å². The Bertz CT molecular complexity index is 604. The van der Waals surface area contributed by atoms with Gasteiger partial charge in [-0.1, -0.05) is 26.0 Å². The Labute approximate surface area is 133 Å². The number of hydrogen-bond acceptors (Lipinski definition) is 3.